The lowest BCUT2D eigenvalue weighted by Crippen LogP contribution is -2.04. The van der Waals surface area contributed by atoms with Gasteiger partial charge in [0, 0.05) is 23.5 Å². The second-order valence-electron chi connectivity index (χ2n) is 3.47. The summed E-state index contributed by atoms with van der Waals surface area (Å²) in [4.78, 5) is 18.3. The van der Waals surface area contributed by atoms with E-state index in [1.165, 1.54) is 18.2 Å². The average molecular weight is 265 g/mol. The monoisotopic (exact) mass is 264 g/mol. The van der Waals surface area contributed by atoms with E-state index in [1.807, 2.05) is 0 Å². The summed E-state index contributed by atoms with van der Waals surface area (Å²) in [6.45, 7) is 0.342. The van der Waals surface area contributed by atoms with Crippen LogP contribution in [0.4, 0.5) is 11.4 Å². The number of halogens is 1. The minimum atomic E-state index is -0.463. The number of nitrogens with zero attached hydrogens (tertiary/aromatic N) is 3. The van der Waals surface area contributed by atoms with Crippen LogP contribution in [0.25, 0.3) is 0 Å². The number of nitro groups is 1. The number of nitro benzene ring substituents is 1. The molecule has 0 atom stereocenters. The third-order valence-corrected chi connectivity index (χ3v) is 2.47. The lowest BCUT2D eigenvalue weighted by Gasteiger charge is -2.06. The number of aromatic nitrogens is 2. The molecular weight excluding hydrogens is 256 g/mol. The third kappa shape index (κ3) is 2.92. The highest BCUT2D eigenvalue weighted by molar-refractivity contribution is 6.31. The predicted molar refractivity (Wildman–Crippen MR) is 67.5 cm³/mol. The first-order valence-corrected chi connectivity index (χ1v) is 5.47. The molecule has 7 heteroatoms. The van der Waals surface area contributed by atoms with E-state index in [0.29, 0.717) is 22.9 Å². The Hall–Kier alpha value is -2.21. The molecule has 0 spiro atoms. The molecular formula is C11H9ClN4O2. The van der Waals surface area contributed by atoms with Gasteiger partial charge in [0.15, 0.2) is 0 Å². The number of hydrogen-bond acceptors (Lipinski definition) is 5. The zero-order chi connectivity index (χ0) is 13.0. The number of anilines is 1. The van der Waals surface area contributed by atoms with Crippen LogP contribution >= 0.6 is 11.6 Å². The van der Waals surface area contributed by atoms with Gasteiger partial charge in [-0.25, -0.2) is 0 Å². The van der Waals surface area contributed by atoms with Crippen molar-refractivity contribution in [3.8, 4) is 0 Å². The molecule has 0 radical (unpaired) electrons. The standard InChI is InChI=1S/C11H9ClN4O2/c12-8-1-2-11(16(17)18)10(5-8)15-7-9-6-13-3-4-14-9/h1-6,15H,7H2. The largest absolute Gasteiger partial charge is 0.374 e. The molecule has 1 N–H and O–H groups in total. The molecule has 18 heavy (non-hydrogen) atoms. The van der Waals surface area contributed by atoms with Crippen molar-refractivity contribution in [2.45, 2.75) is 6.54 Å². The summed E-state index contributed by atoms with van der Waals surface area (Å²) >= 11 is 5.81. The molecule has 0 saturated heterocycles. The molecule has 1 aromatic heterocycles. The van der Waals surface area contributed by atoms with E-state index in [9.17, 15) is 10.1 Å². The summed E-state index contributed by atoms with van der Waals surface area (Å²) in [5.41, 5.74) is 1.02. The zero-order valence-corrected chi connectivity index (χ0v) is 9.96. The van der Waals surface area contributed by atoms with E-state index >= 15 is 0 Å². The van der Waals surface area contributed by atoms with Crippen LogP contribution in [0.1, 0.15) is 5.69 Å². The smallest absolute Gasteiger partial charge is 0.292 e. The van der Waals surface area contributed by atoms with E-state index in [1.54, 1.807) is 18.6 Å². The molecule has 92 valence electrons. The van der Waals surface area contributed by atoms with Crippen molar-refractivity contribution in [3.05, 3.63) is 57.6 Å². The molecule has 2 rings (SSSR count). The summed E-state index contributed by atoms with van der Waals surface area (Å²) in [5.74, 6) is 0. The number of nitrogens with one attached hydrogen (secondary N) is 1. The van der Waals surface area contributed by atoms with Gasteiger partial charge in [-0.15, -0.1) is 0 Å². The highest BCUT2D eigenvalue weighted by Crippen LogP contribution is 2.27. The van der Waals surface area contributed by atoms with E-state index in [-0.39, 0.29) is 5.69 Å². The van der Waals surface area contributed by atoms with Crippen LogP contribution in [-0.2, 0) is 6.54 Å². The molecule has 0 amide bonds. The Morgan fingerprint density at radius 1 is 1.39 bits per heavy atom. The van der Waals surface area contributed by atoms with E-state index < -0.39 is 4.92 Å². The minimum absolute atomic E-state index is 0.0247. The van der Waals surface area contributed by atoms with Crippen LogP contribution in [0, 0.1) is 10.1 Å². The Morgan fingerprint density at radius 3 is 2.89 bits per heavy atom. The van der Waals surface area contributed by atoms with E-state index in [0.717, 1.165) is 0 Å². The fourth-order valence-electron chi connectivity index (χ4n) is 1.42. The van der Waals surface area contributed by atoms with Crippen molar-refractivity contribution in [3.63, 3.8) is 0 Å². The number of rotatable bonds is 4. The first kappa shape index (κ1) is 12.3. The Bertz CT molecular complexity index is 562. The molecule has 0 aliphatic rings. The zero-order valence-electron chi connectivity index (χ0n) is 9.21. The lowest BCUT2D eigenvalue weighted by molar-refractivity contribution is -0.384. The fraction of sp³-hybridized carbons (Fsp3) is 0.0909. The maximum Gasteiger partial charge on any atom is 0.292 e. The Kier molecular flexibility index (Phi) is 3.69. The van der Waals surface area contributed by atoms with Gasteiger partial charge in [-0.1, -0.05) is 11.6 Å². The third-order valence-electron chi connectivity index (χ3n) is 2.23. The molecule has 6 nitrogen and oxygen atoms in total. The van der Waals surface area contributed by atoms with Crippen molar-refractivity contribution >= 4 is 23.0 Å². The van der Waals surface area contributed by atoms with E-state index in [4.69, 9.17) is 11.6 Å². The van der Waals surface area contributed by atoms with Gasteiger partial charge >= 0.3 is 0 Å². The number of hydrogen-bond donors (Lipinski definition) is 1. The van der Waals surface area contributed by atoms with Crippen molar-refractivity contribution in [2.24, 2.45) is 0 Å². The van der Waals surface area contributed by atoms with Gasteiger partial charge in [-0.3, -0.25) is 20.1 Å². The Morgan fingerprint density at radius 2 is 2.22 bits per heavy atom. The second-order valence-corrected chi connectivity index (χ2v) is 3.91. The highest BCUT2D eigenvalue weighted by atomic mass is 35.5. The predicted octanol–water partition coefficient (Wildman–Crippen LogP) is 2.65. The summed E-state index contributed by atoms with van der Waals surface area (Å²) in [6, 6.07) is 4.35. The quantitative estimate of drug-likeness (QED) is 0.678. The van der Waals surface area contributed by atoms with Crippen molar-refractivity contribution < 1.29 is 4.92 Å². The Balaban J connectivity index is 2.18. The van der Waals surface area contributed by atoms with Crippen LogP contribution in [-0.4, -0.2) is 14.9 Å². The first-order chi connectivity index (χ1) is 8.66. The fourth-order valence-corrected chi connectivity index (χ4v) is 1.59. The molecule has 0 aliphatic heterocycles. The molecule has 0 bridgehead atoms. The van der Waals surface area contributed by atoms with Crippen LogP contribution in [0.2, 0.25) is 5.02 Å². The average Bonchev–Trinajstić information content (AvgIpc) is 2.37. The van der Waals surface area contributed by atoms with Gasteiger partial charge in [-0.05, 0) is 12.1 Å². The molecule has 2 aromatic rings. The van der Waals surface area contributed by atoms with Gasteiger partial charge in [0.25, 0.3) is 5.69 Å². The molecule has 0 aliphatic carbocycles. The molecule has 0 saturated carbocycles. The maximum absolute atomic E-state index is 10.8. The molecule has 1 aromatic carbocycles. The van der Waals surface area contributed by atoms with Crippen LogP contribution in [0.15, 0.2) is 36.8 Å². The molecule has 0 fully saturated rings. The van der Waals surface area contributed by atoms with Crippen LogP contribution < -0.4 is 5.32 Å². The summed E-state index contributed by atoms with van der Waals surface area (Å²) in [6.07, 6.45) is 4.71. The summed E-state index contributed by atoms with van der Waals surface area (Å²) < 4.78 is 0. The van der Waals surface area contributed by atoms with Gasteiger partial charge in [0.1, 0.15) is 5.69 Å². The van der Waals surface area contributed by atoms with Gasteiger partial charge in [0.05, 0.1) is 23.4 Å². The SMILES string of the molecule is O=[N+]([O-])c1ccc(Cl)cc1NCc1cnccn1. The Labute approximate surface area is 108 Å². The normalized spacial score (nSPS) is 10.1. The van der Waals surface area contributed by atoms with E-state index in [2.05, 4.69) is 15.3 Å². The lowest BCUT2D eigenvalue weighted by atomic mass is 10.2. The molecule has 0 unspecified atom stereocenters. The highest BCUT2D eigenvalue weighted by Gasteiger charge is 2.13. The number of benzene rings is 1. The van der Waals surface area contributed by atoms with Gasteiger partial charge in [0.2, 0.25) is 0 Å². The first-order valence-electron chi connectivity index (χ1n) is 5.09. The van der Waals surface area contributed by atoms with Gasteiger partial charge in [-0.2, -0.15) is 0 Å². The summed E-state index contributed by atoms with van der Waals surface area (Å²) in [5, 5.41) is 14.2. The van der Waals surface area contributed by atoms with Crippen molar-refractivity contribution in [1.29, 1.82) is 0 Å². The van der Waals surface area contributed by atoms with Crippen molar-refractivity contribution in [2.75, 3.05) is 5.32 Å². The van der Waals surface area contributed by atoms with Crippen molar-refractivity contribution in [1.82, 2.24) is 9.97 Å². The second kappa shape index (κ2) is 5.42. The van der Waals surface area contributed by atoms with Gasteiger partial charge < -0.3 is 5.32 Å². The van der Waals surface area contributed by atoms with Crippen LogP contribution in [0.5, 0.6) is 0 Å². The minimum Gasteiger partial charge on any atom is -0.374 e. The molecule has 1 heterocycles. The topological polar surface area (TPSA) is 81.0 Å². The maximum atomic E-state index is 10.8. The van der Waals surface area contributed by atoms with Crippen LogP contribution in [0.3, 0.4) is 0 Å². The summed E-state index contributed by atoms with van der Waals surface area (Å²) in [7, 11) is 0.